The molecule has 3 atom stereocenters. The number of methoxy groups -OCH3 is 2. The Bertz CT molecular complexity index is 688. The minimum atomic E-state index is -2.22. The van der Waals surface area contributed by atoms with Crippen molar-refractivity contribution in [2.24, 2.45) is 0 Å². The van der Waals surface area contributed by atoms with E-state index in [1.807, 2.05) is 31.2 Å². The first-order valence-electron chi connectivity index (χ1n) is 10.5. The van der Waals surface area contributed by atoms with Crippen LogP contribution >= 0.6 is 0 Å². The molecule has 1 heterocycles. The number of hydrogen-bond acceptors (Lipinski definition) is 7. The van der Waals surface area contributed by atoms with Gasteiger partial charge < -0.3 is 18.7 Å². The minimum Gasteiger partial charge on any atom is -0.497 e. The normalized spacial score (nSPS) is 23.3. The lowest BCUT2D eigenvalue weighted by Gasteiger charge is -2.47. The summed E-state index contributed by atoms with van der Waals surface area (Å²) in [6.45, 7) is 13.3. The fourth-order valence-corrected chi connectivity index (χ4v) is 4.07. The lowest BCUT2D eigenvalue weighted by molar-refractivity contribution is -0.426. The van der Waals surface area contributed by atoms with Crippen LogP contribution < -0.4 is 4.74 Å². The molecule has 0 spiro atoms. The molecule has 0 N–H and O–H groups in total. The standard InChI is InChI=1S/C22H37NO6Si/c1-9-27-21-14-18(16-10-12-17(25-5)13-11-16)19(15-20(24)26-6)23(28-21)29-30(7,8)22(2,3)4/h10-13,18-19,21H,9,14-15H2,1-8H3/t18-,19-,21-/m0/s1. The van der Waals surface area contributed by atoms with E-state index in [0.29, 0.717) is 13.0 Å². The van der Waals surface area contributed by atoms with Crippen LogP contribution in [0.5, 0.6) is 5.75 Å². The first kappa shape index (κ1) is 24.8. The van der Waals surface area contributed by atoms with Crippen molar-refractivity contribution < 1.29 is 28.4 Å². The Morgan fingerprint density at radius 1 is 1.20 bits per heavy atom. The number of rotatable bonds is 8. The lowest BCUT2D eigenvalue weighted by atomic mass is 9.86. The summed E-state index contributed by atoms with van der Waals surface area (Å²) < 4.78 is 22.6. The van der Waals surface area contributed by atoms with Gasteiger partial charge in [0, 0.05) is 18.9 Å². The van der Waals surface area contributed by atoms with Gasteiger partial charge in [-0.25, -0.2) is 4.84 Å². The number of nitrogens with zero attached hydrogens (tertiary/aromatic N) is 1. The molecule has 1 saturated heterocycles. The van der Waals surface area contributed by atoms with Gasteiger partial charge in [-0.3, -0.25) is 4.79 Å². The highest BCUT2D eigenvalue weighted by Crippen LogP contribution is 2.42. The van der Waals surface area contributed by atoms with Crippen LogP contribution in [0.3, 0.4) is 0 Å². The molecule has 0 unspecified atom stereocenters. The first-order chi connectivity index (χ1) is 14.0. The predicted octanol–water partition coefficient (Wildman–Crippen LogP) is 4.65. The van der Waals surface area contributed by atoms with Crippen molar-refractivity contribution in [3.63, 3.8) is 0 Å². The Kier molecular flexibility index (Phi) is 8.47. The molecule has 0 saturated carbocycles. The Hall–Kier alpha value is -1.45. The second-order valence-corrected chi connectivity index (χ2v) is 13.8. The van der Waals surface area contributed by atoms with E-state index in [0.717, 1.165) is 11.3 Å². The van der Waals surface area contributed by atoms with Crippen LogP contribution in [0.4, 0.5) is 0 Å². The van der Waals surface area contributed by atoms with Crippen molar-refractivity contribution in [1.29, 1.82) is 0 Å². The molecule has 0 bridgehead atoms. The summed E-state index contributed by atoms with van der Waals surface area (Å²) in [5, 5.41) is 1.51. The summed E-state index contributed by atoms with van der Waals surface area (Å²) in [4.78, 5) is 18.4. The van der Waals surface area contributed by atoms with Crippen LogP contribution in [0.25, 0.3) is 0 Å². The summed E-state index contributed by atoms with van der Waals surface area (Å²) in [6, 6.07) is 7.56. The van der Waals surface area contributed by atoms with Gasteiger partial charge in [0.1, 0.15) is 5.75 Å². The molecule has 1 aliphatic rings. The Morgan fingerprint density at radius 3 is 2.33 bits per heavy atom. The zero-order chi connectivity index (χ0) is 22.5. The van der Waals surface area contributed by atoms with Crippen molar-refractivity contribution in [2.75, 3.05) is 20.8 Å². The molecule has 0 amide bonds. The van der Waals surface area contributed by atoms with Crippen molar-refractivity contribution in [1.82, 2.24) is 5.23 Å². The lowest BCUT2D eigenvalue weighted by Crippen LogP contribution is -2.55. The highest BCUT2D eigenvalue weighted by molar-refractivity contribution is 6.74. The number of hydroxylamine groups is 2. The van der Waals surface area contributed by atoms with Gasteiger partial charge in [-0.15, -0.1) is 0 Å². The molecule has 1 aliphatic heterocycles. The topological polar surface area (TPSA) is 66.5 Å². The van der Waals surface area contributed by atoms with Crippen molar-refractivity contribution in [2.45, 2.75) is 76.9 Å². The number of benzene rings is 1. The molecule has 0 aromatic heterocycles. The van der Waals surface area contributed by atoms with Gasteiger partial charge in [-0.1, -0.05) is 38.1 Å². The van der Waals surface area contributed by atoms with Crippen LogP contribution in [-0.2, 0) is 23.6 Å². The quantitative estimate of drug-likeness (QED) is 0.431. The van der Waals surface area contributed by atoms with Crippen LogP contribution in [0.2, 0.25) is 18.1 Å². The van der Waals surface area contributed by atoms with E-state index in [9.17, 15) is 4.79 Å². The van der Waals surface area contributed by atoms with Gasteiger partial charge in [0.15, 0.2) is 6.29 Å². The van der Waals surface area contributed by atoms with Crippen molar-refractivity contribution in [3.05, 3.63) is 29.8 Å². The third-order valence-electron chi connectivity index (χ3n) is 6.03. The fraction of sp³-hybridized carbons (Fsp3) is 0.682. The zero-order valence-electron chi connectivity index (χ0n) is 19.6. The maximum Gasteiger partial charge on any atom is 0.307 e. The van der Waals surface area contributed by atoms with E-state index >= 15 is 0 Å². The van der Waals surface area contributed by atoms with Crippen LogP contribution in [0.15, 0.2) is 24.3 Å². The number of esters is 1. The predicted molar refractivity (Wildman–Crippen MR) is 117 cm³/mol. The molecule has 1 aromatic rings. The molecule has 8 heteroatoms. The van der Waals surface area contributed by atoms with Crippen molar-refractivity contribution >= 4 is 14.3 Å². The van der Waals surface area contributed by atoms with Crippen LogP contribution in [-0.4, -0.2) is 52.7 Å². The maximum atomic E-state index is 12.3. The Morgan fingerprint density at radius 2 is 1.83 bits per heavy atom. The SMILES string of the molecule is CCO[C@@H]1C[C@@H](c2ccc(OC)cc2)[C@H](CC(=O)OC)N(O[Si](C)(C)C(C)(C)C)O1. The van der Waals surface area contributed by atoms with Crippen LogP contribution in [0.1, 0.15) is 52.0 Å². The zero-order valence-corrected chi connectivity index (χ0v) is 20.6. The van der Waals surface area contributed by atoms with Gasteiger partial charge >= 0.3 is 5.97 Å². The second kappa shape index (κ2) is 10.2. The molecular weight excluding hydrogens is 402 g/mol. The van der Waals surface area contributed by atoms with Gasteiger partial charge in [0.05, 0.1) is 26.7 Å². The Labute approximate surface area is 181 Å². The minimum absolute atomic E-state index is 0.0274. The molecule has 1 aromatic carbocycles. The summed E-state index contributed by atoms with van der Waals surface area (Å²) in [5.74, 6) is 0.442. The third-order valence-corrected chi connectivity index (χ3v) is 10.3. The number of hydrogen-bond donors (Lipinski definition) is 0. The van der Waals surface area contributed by atoms with Crippen LogP contribution in [0, 0.1) is 0 Å². The summed E-state index contributed by atoms with van der Waals surface area (Å²) >= 11 is 0. The van der Waals surface area contributed by atoms with E-state index < -0.39 is 14.6 Å². The molecule has 0 radical (unpaired) electrons. The highest BCUT2D eigenvalue weighted by Gasteiger charge is 2.47. The third kappa shape index (κ3) is 6.04. The largest absolute Gasteiger partial charge is 0.497 e. The molecule has 7 nitrogen and oxygen atoms in total. The molecule has 1 fully saturated rings. The first-order valence-corrected chi connectivity index (χ1v) is 13.4. The molecule has 30 heavy (non-hydrogen) atoms. The van der Waals surface area contributed by atoms with Gasteiger partial charge in [0.25, 0.3) is 0 Å². The van der Waals surface area contributed by atoms with Gasteiger partial charge in [0.2, 0.25) is 8.32 Å². The molecule has 0 aliphatic carbocycles. The number of carbonyl (C=O) groups excluding carboxylic acids is 1. The van der Waals surface area contributed by atoms with Crippen molar-refractivity contribution in [3.8, 4) is 5.75 Å². The monoisotopic (exact) mass is 439 g/mol. The molecule has 2 rings (SSSR count). The van der Waals surface area contributed by atoms with Gasteiger partial charge in [-0.05, 0) is 42.8 Å². The summed E-state index contributed by atoms with van der Waals surface area (Å²) in [6.07, 6.45) is 0.306. The van der Waals surface area contributed by atoms with E-state index in [2.05, 4.69) is 33.9 Å². The molecule has 170 valence electrons. The second-order valence-electron chi connectivity index (χ2n) is 9.09. The average Bonchev–Trinajstić information content (AvgIpc) is 2.68. The number of carbonyl (C=O) groups is 1. The highest BCUT2D eigenvalue weighted by atomic mass is 28.4. The average molecular weight is 440 g/mol. The maximum absolute atomic E-state index is 12.3. The van der Waals surface area contributed by atoms with E-state index in [1.165, 1.54) is 12.3 Å². The van der Waals surface area contributed by atoms with E-state index in [1.54, 1.807) is 7.11 Å². The van der Waals surface area contributed by atoms with E-state index in [-0.39, 0.29) is 29.4 Å². The fourth-order valence-electron chi connectivity index (χ4n) is 3.16. The summed E-state index contributed by atoms with van der Waals surface area (Å²) in [5.41, 5.74) is 1.07. The Balaban J connectivity index is 2.42. The number of ether oxygens (including phenoxy) is 3. The summed E-state index contributed by atoms with van der Waals surface area (Å²) in [7, 11) is 0.822. The molecular formula is C22H37NO6Si. The smallest absolute Gasteiger partial charge is 0.307 e. The van der Waals surface area contributed by atoms with Gasteiger partial charge in [-0.2, -0.15) is 0 Å². The van der Waals surface area contributed by atoms with E-state index in [4.69, 9.17) is 23.6 Å².